The zero-order chi connectivity index (χ0) is 12.3. The highest BCUT2D eigenvalue weighted by Gasteiger charge is 2.19. The number of hydrogen-bond donors (Lipinski definition) is 1. The molecule has 0 amide bonds. The molecule has 3 nitrogen and oxygen atoms in total. The molecule has 2 rings (SSSR count). The number of ketones is 1. The van der Waals surface area contributed by atoms with E-state index >= 15 is 0 Å². The minimum atomic E-state index is 0.249. The highest BCUT2D eigenvalue weighted by Crippen LogP contribution is 2.21. The first-order chi connectivity index (χ1) is 8.20. The summed E-state index contributed by atoms with van der Waals surface area (Å²) in [6, 6.07) is 5.64. The predicted octanol–water partition coefficient (Wildman–Crippen LogP) is 2.19. The zero-order valence-corrected chi connectivity index (χ0v) is 10.5. The number of Topliss-reactive ketones (excluding diaryl/α,β-unsaturated/α-hetero) is 1. The van der Waals surface area contributed by atoms with Crippen molar-refractivity contribution in [2.75, 3.05) is 20.2 Å². The minimum Gasteiger partial charge on any atom is -0.497 e. The maximum atomic E-state index is 12.2. The van der Waals surface area contributed by atoms with Gasteiger partial charge in [0.2, 0.25) is 0 Å². The van der Waals surface area contributed by atoms with Gasteiger partial charge >= 0.3 is 0 Å². The molecule has 3 heteroatoms. The van der Waals surface area contributed by atoms with Crippen molar-refractivity contribution in [3.05, 3.63) is 29.3 Å². The summed E-state index contributed by atoms with van der Waals surface area (Å²) in [5.74, 6) is 1.56. The van der Waals surface area contributed by atoms with Crippen molar-refractivity contribution in [1.82, 2.24) is 5.32 Å². The smallest absolute Gasteiger partial charge is 0.163 e. The average Bonchev–Trinajstić information content (AvgIpc) is 2.81. The van der Waals surface area contributed by atoms with Gasteiger partial charge in [-0.3, -0.25) is 4.79 Å². The van der Waals surface area contributed by atoms with E-state index in [9.17, 15) is 4.79 Å². The number of benzene rings is 1. The third kappa shape index (κ3) is 2.86. The van der Waals surface area contributed by atoms with Gasteiger partial charge < -0.3 is 10.1 Å². The number of aryl methyl sites for hydroxylation is 1. The highest BCUT2D eigenvalue weighted by atomic mass is 16.5. The Labute approximate surface area is 102 Å². The molecular weight excluding hydrogens is 214 g/mol. The monoisotopic (exact) mass is 233 g/mol. The fraction of sp³-hybridized carbons (Fsp3) is 0.500. The summed E-state index contributed by atoms with van der Waals surface area (Å²) < 4.78 is 5.14. The largest absolute Gasteiger partial charge is 0.497 e. The third-order valence-corrected chi connectivity index (χ3v) is 3.37. The van der Waals surface area contributed by atoms with Crippen LogP contribution in [0.5, 0.6) is 5.75 Å². The van der Waals surface area contributed by atoms with Crippen LogP contribution in [0.4, 0.5) is 0 Å². The number of carbonyl (C=O) groups excluding carboxylic acids is 1. The second kappa shape index (κ2) is 5.32. The van der Waals surface area contributed by atoms with Crippen LogP contribution in [0.1, 0.15) is 28.8 Å². The topological polar surface area (TPSA) is 38.3 Å². The summed E-state index contributed by atoms with van der Waals surface area (Å²) in [7, 11) is 1.64. The minimum absolute atomic E-state index is 0.249. The number of nitrogens with one attached hydrogen (secondary N) is 1. The molecule has 17 heavy (non-hydrogen) atoms. The normalized spacial score (nSPS) is 19.3. The first-order valence-corrected chi connectivity index (χ1v) is 6.09. The van der Waals surface area contributed by atoms with Crippen LogP contribution in [0, 0.1) is 12.8 Å². The van der Waals surface area contributed by atoms with Gasteiger partial charge in [0.05, 0.1) is 7.11 Å². The van der Waals surface area contributed by atoms with Gasteiger partial charge in [0.1, 0.15) is 5.75 Å². The molecule has 1 N–H and O–H groups in total. The van der Waals surface area contributed by atoms with Crippen LogP contribution in [-0.2, 0) is 0 Å². The van der Waals surface area contributed by atoms with Crippen LogP contribution in [0.15, 0.2) is 18.2 Å². The predicted molar refractivity (Wildman–Crippen MR) is 67.7 cm³/mol. The molecule has 1 aromatic rings. The van der Waals surface area contributed by atoms with E-state index in [1.54, 1.807) is 7.11 Å². The molecule has 1 fully saturated rings. The Kier molecular flexibility index (Phi) is 3.79. The molecule has 0 aromatic heterocycles. The second-order valence-electron chi connectivity index (χ2n) is 4.67. The van der Waals surface area contributed by atoms with Crippen LogP contribution in [0.25, 0.3) is 0 Å². The Balaban J connectivity index is 2.07. The molecule has 1 unspecified atom stereocenters. The molecule has 1 aliphatic rings. The maximum Gasteiger partial charge on any atom is 0.163 e. The molecule has 1 atom stereocenters. The van der Waals surface area contributed by atoms with Gasteiger partial charge in [0.15, 0.2) is 5.78 Å². The standard InChI is InChI=1S/C14H19NO2/c1-10-7-12(17-2)3-4-13(10)14(16)8-11-5-6-15-9-11/h3-4,7,11,15H,5-6,8-9H2,1-2H3. The third-order valence-electron chi connectivity index (χ3n) is 3.37. The summed E-state index contributed by atoms with van der Waals surface area (Å²) in [5, 5.41) is 3.29. The highest BCUT2D eigenvalue weighted by molar-refractivity contribution is 5.97. The van der Waals surface area contributed by atoms with Crippen LogP contribution in [0.2, 0.25) is 0 Å². The summed E-state index contributed by atoms with van der Waals surface area (Å²) in [6.07, 6.45) is 1.76. The Morgan fingerprint density at radius 2 is 2.35 bits per heavy atom. The van der Waals surface area contributed by atoms with Gasteiger partial charge in [-0.05, 0) is 56.1 Å². The van der Waals surface area contributed by atoms with Gasteiger partial charge in [-0.25, -0.2) is 0 Å². The molecule has 0 bridgehead atoms. The van der Waals surface area contributed by atoms with E-state index in [-0.39, 0.29) is 5.78 Å². The lowest BCUT2D eigenvalue weighted by Crippen LogP contribution is -2.13. The van der Waals surface area contributed by atoms with Gasteiger partial charge in [0.25, 0.3) is 0 Å². The first-order valence-electron chi connectivity index (χ1n) is 6.09. The Bertz CT molecular complexity index is 409. The van der Waals surface area contributed by atoms with Crippen LogP contribution < -0.4 is 10.1 Å². The lowest BCUT2D eigenvalue weighted by atomic mass is 9.95. The van der Waals surface area contributed by atoms with E-state index in [1.807, 2.05) is 25.1 Å². The van der Waals surface area contributed by atoms with Gasteiger partial charge in [-0.2, -0.15) is 0 Å². The van der Waals surface area contributed by atoms with Crippen molar-refractivity contribution < 1.29 is 9.53 Å². The van der Waals surface area contributed by atoms with Crippen molar-refractivity contribution >= 4 is 5.78 Å². The molecule has 1 heterocycles. The van der Waals surface area contributed by atoms with Crippen molar-refractivity contribution in [2.45, 2.75) is 19.8 Å². The Morgan fingerprint density at radius 1 is 1.53 bits per heavy atom. The molecular formula is C14H19NO2. The van der Waals surface area contributed by atoms with Gasteiger partial charge in [-0.1, -0.05) is 0 Å². The number of carbonyl (C=O) groups is 1. The van der Waals surface area contributed by atoms with Crippen molar-refractivity contribution in [3.63, 3.8) is 0 Å². The van der Waals surface area contributed by atoms with E-state index in [1.165, 1.54) is 0 Å². The molecule has 0 aliphatic carbocycles. The molecule has 0 saturated carbocycles. The summed E-state index contributed by atoms with van der Waals surface area (Å²) >= 11 is 0. The van der Waals surface area contributed by atoms with Crippen molar-refractivity contribution in [1.29, 1.82) is 0 Å². The Morgan fingerprint density at radius 3 is 2.94 bits per heavy atom. The lowest BCUT2D eigenvalue weighted by Gasteiger charge is -2.10. The quantitative estimate of drug-likeness (QED) is 0.810. The fourth-order valence-electron chi connectivity index (χ4n) is 2.34. The number of methoxy groups -OCH3 is 1. The first kappa shape index (κ1) is 12.1. The van der Waals surface area contributed by atoms with E-state index < -0.39 is 0 Å². The van der Waals surface area contributed by atoms with E-state index in [2.05, 4.69) is 5.32 Å². The molecule has 0 radical (unpaired) electrons. The zero-order valence-electron chi connectivity index (χ0n) is 10.5. The van der Waals surface area contributed by atoms with Gasteiger partial charge in [-0.15, -0.1) is 0 Å². The molecule has 1 aliphatic heterocycles. The molecule has 0 spiro atoms. The van der Waals surface area contributed by atoms with E-state index in [0.717, 1.165) is 36.4 Å². The van der Waals surface area contributed by atoms with Crippen molar-refractivity contribution in [2.24, 2.45) is 5.92 Å². The van der Waals surface area contributed by atoms with Crippen LogP contribution >= 0.6 is 0 Å². The number of hydrogen-bond acceptors (Lipinski definition) is 3. The number of rotatable bonds is 4. The summed E-state index contributed by atoms with van der Waals surface area (Å²) in [5.41, 5.74) is 1.83. The molecule has 1 aromatic carbocycles. The van der Waals surface area contributed by atoms with Crippen LogP contribution in [-0.4, -0.2) is 26.0 Å². The van der Waals surface area contributed by atoms with Gasteiger partial charge in [0, 0.05) is 12.0 Å². The van der Waals surface area contributed by atoms with E-state index in [0.29, 0.717) is 12.3 Å². The summed E-state index contributed by atoms with van der Waals surface area (Å²) in [4.78, 5) is 12.2. The Hall–Kier alpha value is -1.35. The average molecular weight is 233 g/mol. The SMILES string of the molecule is COc1ccc(C(=O)CC2CCNC2)c(C)c1. The fourth-order valence-corrected chi connectivity index (χ4v) is 2.34. The molecule has 1 saturated heterocycles. The van der Waals surface area contributed by atoms with E-state index in [4.69, 9.17) is 4.74 Å². The number of ether oxygens (including phenoxy) is 1. The maximum absolute atomic E-state index is 12.2. The second-order valence-corrected chi connectivity index (χ2v) is 4.67. The summed E-state index contributed by atoms with van der Waals surface area (Å²) in [6.45, 7) is 3.98. The molecule has 92 valence electrons. The lowest BCUT2D eigenvalue weighted by molar-refractivity contribution is 0.0964. The van der Waals surface area contributed by atoms with Crippen molar-refractivity contribution in [3.8, 4) is 5.75 Å². The van der Waals surface area contributed by atoms with Crippen LogP contribution in [0.3, 0.4) is 0 Å².